The molecule has 0 bridgehead atoms. The van der Waals surface area contributed by atoms with E-state index in [1.807, 2.05) is 0 Å². The van der Waals surface area contributed by atoms with Gasteiger partial charge in [-0.15, -0.1) is 0 Å². The minimum absolute atomic E-state index is 0.0744. The van der Waals surface area contributed by atoms with E-state index >= 15 is 0 Å². The van der Waals surface area contributed by atoms with Gasteiger partial charge in [0.2, 0.25) is 0 Å². The third-order valence-corrected chi connectivity index (χ3v) is 21.4. The SMILES string of the molecule is NC[C@H]1C[C@H](O[C@H]2[C@H](O)[C@@H](O[C@H]3O[C@H](CSCCOCCSSCCOCCSC[C@@H]4O[C@H](O[C@@H]5[C@@H](O)[C@H](N)C[C@H](N)[C@H]5O[C@H]5O[C@H](CN)[C@@H](O)[C@H](O)[C@H]5N)[C@@H](O)[C@H]4O[C@H]4O[C@@H](CN)[C@@H](O)[C@H](O)[C@H]4N)[C@@H](O)[C@H](N)[C@H]3O)[C@@H](N)C[C@H]2N)[C@H](N)C[C@@H]1O. The molecule has 7 rings (SSSR count). The zero-order chi connectivity index (χ0) is 62.7. The minimum atomic E-state index is -1.57. The van der Waals surface area contributed by atoms with E-state index in [2.05, 4.69) is 0 Å². The summed E-state index contributed by atoms with van der Waals surface area (Å²) in [4.78, 5) is 0. The zero-order valence-electron chi connectivity index (χ0n) is 48.0. The predicted molar refractivity (Wildman–Crippen MR) is 317 cm³/mol. The van der Waals surface area contributed by atoms with E-state index in [-0.39, 0.29) is 50.6 Å². The molecule has 0 aromatic rings. The van der Waals surface area contributed by atoms with Gasteiger partial charge in [0.1, 0.15) is 85.5 Å². The summed E-state index contributed by atoms with van der Waals surface area (Å²) in [5, 5.41) is 109. The molecule has 0 spiro atoms. The van der Waals surface area contributed by atoms with Crippen LogP contribution in [0.25, 0.3) is 0 Å². The van der Waals surface area contributed by atoms with Crippen LogP contribution in [0.5, 0.6) is 0 Å². The van der Waals surface area contributed by atoms with Crippen LogP contribution in [0.1, 0.15) is 25.7 Å². The summed E-state index contributed by atoms with van der Waals surface area (Å²) in [5.41, 5.74) is 68.0. The zero-order valence-corrected chi connectivity index (χ0v) is 51.3. The molecule has 0 unspecified atom stereocenters. The van der Waals surface area contributed by atoms with Gasteiger partial charge in [0.15, 0.2) is 25.2 Å². The summed E-state index contributed by atoms with van der Waals surface area (Å²) in [6, 6.07) is -7.30. The average Bonchev–Trinajstić information content (AvgIpc) is 1.67. The third-order valence-electron chi connectivity index (χ3n) is 17.0. The summed E-state index contributed by atoms with van der Waals surface area (Å²) in [6.07, 6.45) is -27.9. The second kappa shape index (κ2) is 35.0. The maximum atomic E-state index is 11.8. The molecule has 86 heavy (non-hydrogen) atoms. The van der Waals surface area contributed by atoms with Crippen LogP contribution in [-0.4, -0.2) is 327 Å². The highest BCUT2D eigenvalue weighted by molar-refractivity contribution is 8.76. The second-order valence-electron chi connectivity index (χ2n) is 23.2. The van der Waals surface area contributed by atoms with Gasteiger partial charge in [0.05, 0.1) is 81.2 Å². The average molecular weight is 1320 g/mol. The summed E-state index contributed by atoms with van der Waals surface area (Å²) in [5.74, 6) is 2.79. The molecule has 4 aliphatic heterocycles. The molecule has 0 amide bonds. The minimum Gasteiger partial charge on any atom is -0.393 e. The fourth-order valence-corrected chi connectivity index (χ4v) is 15.3. The standard InChI is InChI=1S/C50H99N11O21S4/c51-13-18-9-25(19(54)12-24(18)62)74-42-21(56)11-22(57)43(40(42)70)79-49-39(69)30(59)34(64)28(77-49)16-83-5-1-72-3-7-85-86-8-4-73-2-6-84-17-29-45(81-48-32(61)38(68)36(66)27(15-53)76-48)41(71)50(78-29)82-46-33(63)20(55)10-23(58)44(46)80-47-31(60)37(67)35(65)26(14-52)75-47/h18-50,62-71H,1-17,51-61H2/t18-,19-,20-,21-,22+,23+,24+,25+,26-,27+,28-,29+,30+,31-,32-,33+,34-,35-,36-,37-,38-,39-,40+,41+,42-,43+,44-,45+,46-,47-,48-,49-,50-/m1/s1. The highest BCUT2D eigenvalue weighted by atomic mass is 33.1. The maximum Gasteiger partial charge on any atom is 0.187 e. The quantitative estimate of drug-likeness (QED) is 0.0235. The van der Waals surface area contributed by atoms with Crippen molar-refractivity contribution in [1.82, 2.24) is 0 Å². The largest absolute Gasteiger partial charge is 0.393 e. The van der Waals surface area contributed by atoms with Crippen LogP contribution >= 0.6 is 45.1 Å². The van der Waals surface area contributed by atoms with Crippen LogP contribution in [0.3, 0.4) is 0 Å². The number of thioether (sulfide) groups is 2. The normalized spacial score (nSPS) is 47.8. The smallest absolute Gasteiger partial charge is 0.187 e. The lowest BCUT2D eigenvalue weighted by Crippen LogP contribution is -2.68. The van der Waals surface area contributed by atoms with E-state index in [0.29, 0.717) is 61.6 Å². The molecule has 36 heteroatoms. The molecule has 7 aliphatic rings. The Morgan fingerprint density at radius 1 is 0.349 bits per heavy atom. The van der Waals surface area contributed by atoms with E-state index in [1.54, 1.807) is 21.6 Å². The topological polar surface area (TPSA) is 590 Å². The molecule has 3 aliphatic carbocycles. The van der Waals surface area contributed by atoms with Crippen molar-refractivity contribution < 1.29 is 103 Å². The van der Waals surface area contributed by atoms with Gasteiger partial charge in [-0.25, -0.2) is 0 Å². The molecular weight excluding hydrogens is 1220 g/mol. The summed E-state index contributed by atoms with van der Waals surface area (Å²) >= 11 is 2.89. The van der Waals surface area contributed by atoms with Crippen molar-refractivity contribution in [2.75, 3.05) is 80.6 Å². The first-order valence-corrected chi connectivity index (χ1v) is 34.2. The lowest BCUT2D eigenvalue weighted by Gasteiger charge is -2.48. The van der Waals surface area contributed by atoms with E-state index in [1.165, 1.54) is 23.5 Å². The summed E-state index contributed by atoms with van der Waals surface area (Å²) in [6.45, 7) is 1.64. The Morgan fingerprint density at radius 2 is 0.802 bits per heavy atom. The highest BCUT2D eigenvalue weighted by Gasteiger charge is 2.56. The summed E-state index contributed by atoms with van der Waals surface area (Å²) in [7, 11) is 3.25. The Labute approximate surface area is 516 Å². The van der Waals surface area contributed by atoms with Crippen molar-refractivity contribution >= 4 is 45.1 Å². The van der Waals surface area contributed by atoms with Crippen LogP contribution in [-0.2, 0) is 52.1 Å². The number of aliphatic hydroxyl groups excluding tert-OH is 10. The summed E-state index contributed by atoms with van der Waals surface area (Å²) < 4.78 is 66.7. The van der Waals surface area contributed by atoms with Gasteiger partial charge < -0.3 is 166 Å². The maximum absolute atomic E-state index is 11.8. The van der Waals surface area contributed by atoms with Crippen molar-refractivity contribution in [2.45, 2.75) is 221 Å². The predicted octanol–water partition coefficient (Wildman–Crippen LogP) is -10.6. The molecule has 0 aromatic heterocycles. The first-order valence-electron chi connectivity index (χ1n) is 29.4. The molecule has 4 saturated heterocycles. The van der Waals surface area contributed by atoms with Crippen LogP contribution in [0.2, 0.25) is 0 Å². The van der Waals surface area contributed by atoms with E-state index in [9.17, 15) is 51.1 Å². The molecule has 3 saturated carbocycles. The fourth-order valence-electron chi connectivity index (χ4n) is 11.7. The van der Waals surface area contributed by atoms with Gasteiger partial charge >= 0.3 is 0 Å². The third kappa shape index (κ3) is 18.5. The monoisotopic (exact) mass is 1320 g/mol. The van der Waals surface area contributed by atoms with Gasteiger partial charge in [-0.3, -0.25) is 0 Å². The lowest BCUT2D eigenvalue weighted by molar-refractivity contribution is -0.306. The second-order valence-corrected chi connectivity index (χ2v) is 28.2. The van der Waals surface area contributed by atoms with E-state index in [0.717, 1.165) is 0 Å². The Kier molecular flexibility index (Phi) is 30.0. The first kappa shape index (κ1) is 73.5. The van der Waals surface area contributed by atoms with Crippen molar-refractivity contribution in [2.24, 2.45) is 69.0 Å². The van der Waals surface area contributed by atoms with Crippen LogP contribution in [0.15, 0.2) is 0 Å². The molecule has 7 fully saturated rings. The molecule has 0 aromatic carbocycles. The molecule has 32 nitrogen and oxygen atoms in total. The molecule has 504 valence electrons. The Balaban J connectivity index is 0.794. The van der Waals surface area contributed by atoms with Crippen molar-refractivity contribution in [1.29, 1.82) is 0 Å². The van der Waals surface area contributed by atoms with Crippen LogP contribution in [0.4, 0.5) is 0 Å². The molecular formula is C50H99N11O21S4. The van der Waals surface area contributed by atoms with Crippen molar-refractivity contribution in [3.05, 3.63) is 0 Å². The molecule has 4 heterocycles. The van der Waals surface area contributed by atoms with Crippen LogP contribution < -0.4 is 63.1 Å². The number of rotatable bonds is 30. The van der Waals surface area contributed by atoms with Gasteiger partial charge in [-0.1, -0.05) is 21.6 Å². The number of hydrogen-bond donors (Lipinski definition) is 21. The highest BCUT2D eigenvalue weighted by Crippen LogP contribution is 2.37. The number of aliphatic hydroxyl groups is 10. The number of hydrogen-bond acceptors (Lipinski definition) is 36. The lowest BCUT2D eigenvalue weighted by atomic mass is 9.80. The Morgan fingerprint density at radius 3 is 1.36 bits per heavy atom. The van der Waals surface area contributed by atoms with E-state index in [4.69, 9.17) is 115 Å². The van der Waals surface area contributed by atoms with Gasteiger partial charge in [0.25, 0.3) is 0 Å². The van der Waals surface area contributed by atoms with Crippen LogP contribution in [0, 0.1) is 5.92 Å². The molecule has 32 N–H and O–H groups in total. The van der Waals surface area contributed by atoms with Crippen molar-refractivity contribution in [3.8, 4) is 0 Å². The van der Waals surface area contributed by atoms with E-state index < -0.39 is 196 Å². The van der Waals surface area contributed by atoms with Gasteiger partial charge in [0, 0.05) is 77.8 Å². The fraction of sp³-hybridized carbons (Fsp3) is 1.00. The van der Waals surface area contributed by atoms with Gasteiger partial charge in [-0.05, 0) is 38.1 Å². The molecule has 0 radical (unpaired) electrons. The molecule has 33 atom stereocenters. The number of ether oxygens (including phenoxy) is 11. The van der Waals surface area contributed by atoms with Crippen molar-refractivity contribution in [3.63, 3.8) is 0 Å². The Bertz CT molecular complexity index is 1970. The van der Waals surface area contributed by atoms with Gasteiger partial charge in [-0.2, -0.15) is 23.5 Å². The Hall–Kier alpha value is 0.120. The number of nitrogens with two attached hydrogens (primary N) is 11. The first-order chi connectivity index (χ1) is 41.0.